The molecule has 0 amide bonds. The van der Waals surface area contributed by atoms with Gasteiger partial charge in [0.15, 0.2) is 0 Å². The summed E-state index contributed by atoms with van der Waals surface area (Å²) in [5, 5.41) is 7.50. The highest BCUT2D eigenvalue weighted by Gasteiger charge is 2.09. The number of aryl methyl sites for hydroxylation is 1. The summed E-state index contributed by atoms with van der Waals surface area (Å²) in [6.07, 6.45) is 2.96. The molecular formula is C9H18N4. The van der Waals surface area contributed by atoms with Crippen molar-refractivity contribution in [2.45, 2.75) is 26.3 Å². The van der Waals surface area contributed by atoms with Gasteiger partial charge in [-0.15, -0.1) is 0 Å². The second-order valence-electron chi connectivity index (χ2n) is 3.27. The summed E-state index contributed by atoms with van der Waals surface area (Å²) in [5.41, 5.74) is 7.41. The van der Waals surface area contributed by atoms with Crippen molar-refractivity contribution >= 4 is 5.69 Å². The lowest BCUT2D eigenvalue weighted by Crippen LogP contribution is -2.22. The fourth-order valence-electron chi connectivity index (χ4n) is 1.34. The van der Waals surface area contributed by atoms with Crippen LogP contribution < -0.4 is 11.1 Å². The summed E-state index contributed by atoms with van der Waals surface area (Å²) in [5.74, 6) is 0. The van der Waals surface area contributed by atoms with Gasteiger partial charge in [0.1, 0.15) is 0 Å². The van der Waals surface area contributed by atoms with Crippen molar-refractivity contribution in [1.29, 1.82) is 0 Å². The standard InChI is InChI=1S/C9H18N4/c1-4-8(5-11-3)13-6-9(10)7(2)12-13/h6,8,11H,4-5,10H2,1-3H3. The van der Waals surface area contributed by atoms with E-state index in [2.05, 4.69) is 17.3 Å². The molecule has 4 nitrogen and oxygen atoms in total. The monoisotopic (exact) mass is 182 g/mol. The van der Waals surface area contributed by atoms with Crippen LogP contribution in [0.25, 0.3) is 0 Å². The molecule has 4 heteroatoms. The normalized spacial score (nSPS) is 13.2. The van der Waals surface area contributed by atoms with Gasteiger partial charge in [0.2, 0.25) is 0 Å². The van der Waals surface area contributed by atoms with Crippen LogP contribution in [0.1, 0.15) is 25.1 Å². The van der Waals surface area contributed by atoms with E-state index in [1.54, 1.807) is 0 Å². The number of nitrogens with one attached hydrogen (secondary N) is 1. The van der Waals surface area contributed by atoms with E-state index in [4.69, 9.17) is 5.73 Å². The van der Waals surface area contributed by atoms with E-state index in [1.165, 1.54) is 0 Å². The third kappa shape index (κ3) is 2.21. The van der Waals surface area contributed by atoms with E-state index in [1.807, 2.05) is 24.9 Å². The lowest BCUT2D eigenvalue weighted by molar-refractivity contribution is 0.423. The molecule has 1 rings (SSSR count). The molecule has 0 aliphatic rings. The quantitative estimate of drug-likeness (QED) is 0.728. The molecule has 13 heavy (non-hydrogen) atoms. The first-order chi connectivity index (χ1) is 6.19. The summed E-state index contributed by atoms with van der Waals surface area (Å²) in [6.45, 7) is 5.00. The second kappa shape index (κ2) is 4.28. The Kier molecular flexibility index (Phi) is 3.31. The van der Waals surface area contributed by atoms with Crippen LogP contribution in [0.4, 0.5) is 5.69 Å². The summed E-state index contributed by atoms with van der Waals surface area (Å²) in [7, 11) is 1.95. The second-order valence-corrected chi connectivity index (χ2v) is 3.27. The average Bonchev–Trinajstić information content (AvgIpc) is 2.43. The van der Waals surface area contributed by atoms with Crippen molar-refractivity contribution in [3.8, 4) is 0 Å². The molecule has 1 heterocycles. The Bertz CT molecular complexity index is 247. The van der Waals surface area contributed by atoms with E-state index in [9.17, 15) is 0 Å². The van der Waals surface area contributed by atoms with E-state index < -0.39 is 0 Å². The van der Waals surface area contributed by atoms with Crippen LogP contribution in [0.15, 0.2) is 6.20 Å². The zero-order valence-corrected chi connectivity index (χ0v) is 8.54. The Labute approximate surface area is 79.1 Å². The zero-order valence-electron chi connectivity index (χ0n) is 8.54. The van der Waals surface area contributed by atoms with Gasteiger partial charge in [-0.3, -0.25) is 4.68 Å². The fourth-order valence-corrected chi connectivity index (χ4v) is 1.34. The Morgan fingerprint density at radius 1 is 1.69 bits per heavy atom. The minimum absolute atomic E-state index is 0.404. The van der Waals surface area contributed by atoms with Gasteiger partial charge < -0.3 is 11.1 Å². The van der Waals surface area contributed by atoms with Crippen LogP contribution in [-0.4, -0.2) is 23.4 Å². The average molecular weight is 182 g/mol. The molecule has 0 aliphatic carbocycles. The van der Waals surface area contributed by atoms with Crippen LogP contribution in [0.3, 0.4) is 0 Å². The fraction of sp³-hybridized carbons (Fsp3) is 0.667. The number of hydrogen-bond acceptors (Lipinski definition) is 3. The highest BCUT2D eigenvalue weighted by molar-refractivity contribution is 5.39. The first kappa shape index (κ1) is 10.1. The van der Waals surface area contributed by atoms with Gasteiger partial charge in [0, 0.05) is 12.7 Å². The van der Waals surface area contributed by atoms with Crippen LogP contribution in [0.5, 0.6) is 0 Å². The van der Waals surface area contributed by atoms with Crippen LogP contribution in [-0.2, 0) is 0 Å². The van der Waals surface area contributed by atoms with Crippen molar-refractivity contribution in [3.63, 3.8) is 0 Å². The molecule has 0 spiro atoms. The number of hydrogen-bond donors (Lipinski definition) is 2. The van der Waals surface area contributed by atoms with Gasteiger partial charge in [0.05, 0.1) is 17.4 Å². The van der Waals surface area contributed by atoms with E-state index in [-0.39, 0.29) is 0 Å². The number of rotatable bonds is 4. The molecule has 1 unspecified atom stereocenters. The van der Waals surface area contributed by atoms with Gasteiger partial charge in [-0.2, -0.15) is 5.10 Å². The lowest BCUT2D eigenvalue weighted by atomic mass is 10.2. The number of nitrogen functional groups attached to an aromatic ring is 1. The predicted molar refractivity (Wildman–Crippen MR) is 54.6 cm³/mol. The third-order valence-electron chi connectivity index (χ3n) is 2.24. The minimum Gasteiger partial charge on any atom is -0.396 e. The van der Waals surface area contributed by atoms with Gasteiger partial charge >= 0.3 is 0 Å². The maximum absolute atomic E-state index is 5.73. The Morgan fingerprint density at radius 3 is 2.77 bits per heavy atom. The third-order valence-corrected chi connectivity index (χ3v) is 2.24. The number of nitrogens with two attached hydrogens (primary N) is 1. The lowest BCUT2D eigenvalue weighted by Gasteiger charge is -2.14. The summed E-state index contributed by atoms with van der Waals surface area (Å²) in [6, 6.07) is 0.404. The Balaban J connectivity index is 2.78. The number of aromatic nitrogens is 2. The largest absolute Gasteiger partial charge is 0.396 e. The summed E-state index contributed by atoms with van der Waals surface area (Å²) >= 11 is 0. The molecule has 1 aromatic heterocycles. The first-order valence-corrected chi connectivity index (χ1v) is 4.64. The number of likely N-dealkylation sites (N-methyl/N-ethyl adjacent to an activating group) is 1. The smallest absolute Gasteiger partial charge is 0.0823 e. The van der Waals surface area contributed by atoms with Gasteiger partial charge in [-0.25, -0.2) is 0 Å². The van der Waals surface area contributed by atoms with Gasteiger partial charge in [-0.05, 0) is 20.4 Å². The van der Waals surface area contributed by atoms with Crippen molar-refractivity contribution in [3.05, 3.63) is 11.9 Å². The van der Waals surface area contributed by atoms with Crippen molar-refractivity contribution in [2.75, 3.05) is 19.3 Å². The van der Waals surface area contributed by atoms with Crippen LogP contribution in [0.2, 0.25) is 0 Å². The molecule has 0 fully saturated rings. The molecule has 1 aromatic rings. The Morgan fingerprint density at radius 2 is 2.38 bits per heavy atom. The predicted octanol–water partition coefficient (Wildman–Crippen LogP) is 0.944. The Hall–Kier alpha value is -1.03. The maximum atomic E-state index is 5.73. The van der Waals surface area contributed by atoms with E-state index in [0.717, 1.165) is 24.3 Å². The SMILES string of the molecule is CCC(CNC)n1cc(N)c(C)n1. The van der Waals surface area contributed by atoms with E-state index >= 15 is 0 Å². The minimum atomic E-state index is 0.404. The highest BCUT2D eigenvalue weighted by Crippen LogP contribution is 2.14. The van der Waals surface area contributed by atoms with Gasteiger partial charge in [-0.1, -0.05) is 6.92 Å². The van der Waals surface area contributed by atoms with Crippen molar-refractivity contribution in [2.24, 2.45) is 0 Å². The summed E-state index contributed by atoms with van der Waals surface area (Å²) < 4.78 is 1.95. The topological polar surface area (TPSA) is 55.9 Å². The molecule has 1 atom stereocenters. The number of anilines is 1. The summed E-state index contributed by atoms with van der Waals surface area (Å²) in [4.78, 5) is 0. The molecular weight excluding hydrogens is 164 g/mol. The van der Waals surface area contributed by atoms with Crippen LogP contribution in [0, 0.1) is 6.92 Å². The highest BCUT2D eigenvalue weighted by atomic mass is 15.3. The molecule has 0 saturated heterocycles. The van der Waals surface area contributed by atoms with Crippen molar-refractivity contribution in [1.82, 2.24) is 15.1 Å². The molecule has 0 aromatic carbocycles. The van der Waals surface area contributed by atoms with Crippen LogP contribution >= 0.6 is 0 Å². The number of nitrogens with zero attached hydrogens (tertiary/aromatic N) is 2. The first-order valence-electron chi connectivity index (χ1n) is 4.64. The molecule has 0 saturated carbocycles. The molecule has 0 aliphatic heterocycles. The maximum Gasteiger partial charge on any atom is 0.0823 e. The van der Waals surface area contributed by atoms with E-state index in [0.29, 0.717) is 6.04 Å². The molecule has 0 bridgehead atoms. The molecule has 3 N–H and O–H groups in total. The van der Waals surface area contributed by atoms with Gasteiger partial charge in [0.25, 0.3) is 0 Å². The van der Waals surface area contributed by atoms with Crippen molar-refractivity contribution < 1.29 is 0 Å². The zero-order chi connectivity index (χ0) is 9.84. The molecule has 0 radical (unpaired) electrons. The molecule has 74 valence electrons.